The Morgan fingerprint density at radius 3 is 2.88 bits per heavy atom. The number of β-lactam (4-membered cyclic amide) rings is 1. The first kappa shape index (κ1) is 11.4. The summed E-state index contributed by atoms with van der Waals surface area (Å²) in [6, 6.07) is -0.359. The van der Waals surface area contributed by atoms with E-state index in [1.165, 1.54) is 0 Å². The van der Waals surface area contributed by atoms with Gasteiger partial charge in [-0.25, -0.2) is 0 Å². The van der Waals surface area contributed by atoms with Gasteiger partial charge in [0.05, 0.1) is 12.6 Å². The molecule has 2 fully saturated rings. The number of carbonyl (C=O) groups is 2. The zero-order valence-electron chi connectivity index (χ0n) is 9.82. The molecule has 0 aromatic heterocycles. The van der Waals surface area contributed by atoms with E-state index in [0.717, 1.165) is 12.8 Å². The van der Waals surface area contributed by atoms with Crippen molar-refractivity contribution in [1.29, 1.82) is 0 Å². The summed E-state index contributed by atoms with van der Waals surface area (Å²) >= 11 is 0. The van der Waals surface area contributed by atoms with E-state index >= 15 is 0 Å². The van der Waals surface area contributed by atoms with Crippen LogP contribution in [0.4, 0.5) is 0 Å². The zero-order chi connectivity index (χ0) is 11.9. The van der Waals surface area contributed by atoms with Crippen LogP contribution in [0.15, 0.2) is 0 Å². The number of carbonyl (C=O) groups excluding carboxylic acids is 2. The number of hydrogen-bond donors (Lipinski definition) is 2. The minimum absolute atomic E-state index is 0.0199. The first-order chi connectivity index (χ1) is 7.53. The molecule has 2 aliphatic rings. The molecule has 3 N–H and O–H groups in total. The molecule has 5 nitrogen and oxygen atoms in total. The van der Waals surface area contributed by atoms with E-state index in [4.69, 9.17) is 5.73 Å². The largest absolute Gasteiger partial charge is 0.351 e. The third-order valence-electron chi connectivity index (χ3n) is 3.84. The maximum absolute atomic E-state index is 12.2. The molecule has 2 heterocycles. The average Bonchev–Trinajstić information content (AvgIpc) is 2.65. The molecular weight excluding hydrogens is 206 g/mol. The molecule has 0 aromatic carbocycles. The minimum Gasteiger partial charge on any atom is -0.351 e. The molecule has 0 saturated carbocycles. The number of amides is 2. The van der Waals surface area contributed by atoms with Gasteiger partial charge in [-0.3, -0.25) is 9.59 Å². The third-order valence-corrected chi connectivity index (χ3v) is 3.84. The van der Waals surface area contributed by atoms with Crippen molar-refractivity contribution in [2.24, 2.45) is 5.73 Å². The van der Waals surface area contributed by atoms with Crippen molar-refractivity contribution in [2.75, 3.05) is 6.54 Å². The molecule has 2 saturated heterocycles. The lowest BCUT2D eigenvalue weighted by molar-refractivity contribution is -0.154. The van der Waals surface area contributed by atoms with E-state index in [9.17, 15) is 9.59 Å². The Kier molecular flexibility index (Phi) is 2.66. The molecule has 3 atom stereocenters. The molecule has 90 valence electrons. The number of rotatable bonds is 2. The van der Waals surface area contributed by atoms with Gasteiger partial charge in [-0.2, -0.15) is 0 Å². The normalized spacial score (nSPS) is 34.8. The van der Waals surface area contributed by atoms with Gasteiger partial charge in [-0.05, 0) is 26.2 Å². The third kappa shape index (κ3) is 1.34. The summed E-state index contributed by atoms with van der Waals surface area (Å²) in [5, 5.41) is 2.73. The quantitative estimate of drug-likeness (QED) is 0.628. The molecule has 2 amide bonds. The van der Waals surface area contributed by atoms with Crippen LogP contribution in [0.25, 0.3) is 0 Å². The molecule has 1 spiro atoms. The topological polar surface area (TPSA) is 75.4 Å². The summed E-state index contributed by atoms with van der Waals surface area (Å²) in [6.45, 7) is 4.45. The molecule has 2 aliphatic heterocycles. The highest BCUT2D eigenvalue weighted by Crippen LogP contribution is 2.38. The van der Waals surface area contributed by atoms with Gasteiger partial charge in [0.15, 0.2) is 0 Å². The summed E-state index contributed by atoms with van der Waals surface area (Å²) in [7, 11) is 0. The van der Waals surface area contributed by atoms with Gasteiger partial charge in [0.1, 0.15) is 5.54 Å². The Morgan fingerprint density at radius 2 is 2.44 bits per heavy atom. The Balaban J connectivity index is 2.23. The molecule has 0 aliphatic carbocycles. The highest BCUT2D eigenvalue weighted by molar-refractivity contribution is 5.98. The van der Waals surface area contributed by atoms with E-state index in [1.807, 2.05) is 13.8 Å². The van der Waals surface area contributed by atoms with Gasteiger partial charge < -0.3 is 16.0 Å². The minimum atomic E-state index is -0.580. The van der Waals surface area contributed by atoms with Gasteiger partial charge >= 0.3 is 0 Å². The molecule has 3 unspecified atom stereocenters. The fourth-order valence-electron chi connectivity index (χ4n) is 2.66. The van der Waals surface area contributed by atoms with Crippen LogP contribution >= 0.6 is 0 Å². The monoisotopic (exact) mass is 225 g/mol. The fraction of sp³-hybridized carbons (Fsp3) is 0.818. The zero-order valence-corrected chi connectivity index (χ0v) is 9.82. The number of nitrogens with zero attached hydrogens (tertiary/aromatic N) is 1. The maximum Gasteiger partial charge on any atom is 0.247 e. The van der Waals surface area contributed by atoms with Crippen molar-refractivity contribution >= 4 is 11.8 Å². The fourth-order valence-corrected chi connectivity index (χ4v) is 2.66. The number of nitrogens with two attached hydrogens (primary N) is 1. The predicted octanol–water partition coefficient (Wildman–Crippen LogP) is -0.397. The summed E-state index contributed by atoms with van der Waals surface area (Å²) in [5.74, 6) is -0.101. The van der Waals surface area contributed by atoms with Gasteiger partial charge in [0.2, 0.25) is 11.8 Å². The Hall–Kier alpha value is -1.10. The summed E-state index contributed by atoms with van der Waals surface area (Å²) in [4.78, 5) is 25.6. The van der Waals surface area contributed by atoms with Crippen molar-refractivity contribution in [3.63, 3.8) is 0 Å². The molecule has 0 bridgehead atoms. The second kappa shape index (κ2) is 3.73. The van der Waals surface area contributed by atoms with Gasteiger partial charge in [0.25, 0.3) is 0 Å². The van der Waals surface area contributed by atoms with Crippen molar-refractivity contribution in [2.45, 2.75) is 50.7 Å². The van der Waals surface area contributed by atoms with Gasteiger partial charge in [-0.1, -0.05) is 6.92 Å². The standard InChI is InChI=1S/C11H19N3O2/c1-3-8(12)9(15)14-7(2)4-5-11(14)6-13-10(11)16/h7-8H,3-6,12H2,1-2H3,(H,13,16). The van der Waals surface area contributed by atoms with Crippen LogP contribution < -0.4 is 11.1 Å². The van der Waals surface area contributed by atoms with Crippen molar-refractivity contribution < 1.29 is 9.59 Å². The van der Waals surface area contributed by atoms with E-state index < -0.39 is 11.6 Å². The summed E-state index contributed by atoms with van der Waals surface area (Å²) in [6.07, 6.45) is 2.26. The molecule has 2 rings (SSSR count). The maximum atomic E-state index is 12.2. The van der Waals surface area contributed by atoms with Crippen LogP contribution in [0.3, 0.4) is 0 Å². The van der Waals surface area contributed by atoms with Crippen molar-refractivity contribution in [3.8, 4) is 0 Å². The number of likely N-dealkylation sites (tertiary alicyclic amines) is 1. The molecule has 0 aromatic rings. The number of hydrogen-bond acceptors (Lipinski definition) is 3. The SMILES string of the molecule is CCC(N)C(=O)N1C(C)CCC12CNC2=O. The second-order valence-electron chi connectivity index (χ2n) is 4.82. The summed E-state index contributed by atoms with van der Waals surface area (Å²) in [5.41, 5.74) is 5.20. The lowest BCUT2D eigenvalue weighted by atomic mass is 9.87. The molecule has 16 heavy (non-hydrogen) atoms. The first-order valence-electron chi connectivity index (χ1n) is 5.90. The van der Waals surface area contributed by atoms with Crippen molar-refractivity contribution in [3.05, 3.63) is 0 Å². The Bertz CT molecular complexity index is 331. The van der Waals surface area contributed by atoms with Crippen LogP contribution in [0.5, 0.6) is 0 Å². The van der Waals surface area contributed by atoms with Crippen molar-refractivity contribution in [1.82, 2.24) is 10.2 Å². The van der Waals surface area contributed by atoms with E-state index in [2.05, 4.69) is 5.32 Å². The van der Waals surface area contributed by atoms with Crippen LogP contribution in [0.1, 0.15) is 33.1 Å². The molecule has 0 radical (unpaired) electrons. The van der Waals surface area contributed by atoms with Crippen LogP contribution in [-0.4, -0.2) is 40.9 Å². The second-order valence-corrected chi connectivity index (χ2v) is 4.82. The molecular formula is C11H19N3O2. The van der Waals surface area contributed by atoms with Gasteiger partial charge in [-0.15, -0.1) is 0 Å². The summed E-state index contributed by atoms with van der Waals surface area (Å²) < 4.78 is 0. The lowest BCUT2D eigenvalue weighted by Gasteiger charge is -2.46. The highest BCUT2D eigenvalue weighted by atomic mass is 16.2. The average molecular weight is 225 g/mol. The first-order valence-corrected chi connectivity index (χ1v) is 5.90. The predicted molar refractivity (Wildman–Crippen MR) is 59.5 cm³/mol. The highest BCUT2D eigenvalue weighted by Gasteiger charge is 2.58. The van der Waals surface area contributed by atoms with Gasteiger partial charge in [0, 0.05) is 6.04 Å². The Morgan fingerprint density at radius 1 is 1.75 bits per heavy atom. The smallest absolute Gasteiger partial charge is 0.247 e. The number of nitrogens with one attached hydrogen (secondary N) is 1. The van der Waals surface area contributed by atoms with Crippen LogP contribution in [0.2, 0.25) is 0 Å². The lowest BCUT2D eigenvalue weighted by Crippen LogP contribution is -2.73. The van der Waals surface area contributed by atoms with Crippen LogP contribution in [0, 0.1) is 0 Å². The van der Waals surface area contributed by atoms with Crippen LogP contribution in [-0.2, 0) is 9.59 Å². The van der Waals surface area contributed by atoms with E-state index in [1.54, 1.807) is 4.90 Å². The van der Waals surface area contributed by atoms with E-state index in [-0.39, 0.29) is 17.9 Å². The van der Waals surface area contributed by atoms with E-state index in [0.29, 0.717) is 13.0 Å². The molecule has 5 heteroatoms. The Labute approximate surface area is 95.3 Å².